The van der Waals surface area contributed by atoms with Crippen molar-refractivity contribution in [2.45, 2.75) is 16.7 Å². The Hall–Kier alpha value is -2.41. The first kappa shape index (κ1) is 15.0. The molecule has 0 unspecified atom stereocenters. The van der Waals surface area contributed by atoms with E-state index in [-0.39, 0.29) is 5.69 Å². The number of aryl methyl sites for hydroxylation is 1. The lowest BCUT2D eigenvalue weighted by Gasteiger charge is -2.05. The second kappa shape index (κ2) is 5.92. The van der Waals surface area contributed by atoms with Gasteiger partial charge in [-0.1, -0.05) is 11.8 Å². The van der Waals surface area contributed by atoms with Crippen molar-refractivity contribution in [1.82, 2.24) is 0 Å². The third-order valence-corrected chi connectivity index (χ3v) is 3.75. The van der Waals surface area contributed by atoms with E-state index in [0.29, 0.717) is 15.4 Å². The van der Waals surface area contributed by atoms with Crippen molar-refractivity contribution in [3.05, 3.63) is 63.5 Å². The Bertz CT molecular complexity index is 733. The zero-order valence-corrected chi connectivity index (χ0v) is 11.7. The Labute approximate surface area is 123 Å². The van der Waals surface area contributed by atoms with Crippen molar-refractivity contribution in [2.75, 3.05) is 0 Å². The van der Waals surface area contributed by atoms with Crippen molar-refractivity contribution in [1.29, 1.82) is 0 Å². The highest BCUT2D eigenvalue weighted by Crippen LogP contribution is 2.31. The van der Waals surface area contributed by atoms with Crippen LogP contribution < -0.4 is 0 Å². The number of nitro benzene ring substituents is 1. The molecule has 0 bridgehead atoms. The fourth-order valence-electron chi connectivity index (χ4n) is 1.76. The summed E-state index contributed by atoms with van der Waals surface area (Å²) in [6.45, 7) is 1.62. The molecule has 0 amide bonds. The molecular formula is C14H10FNO4S. The molecule has 0 atom stereocenters. The fourth-order valence-corrected chi connectivity index (χ4v) is 2.72. The van der Waals surface area contributed by atoms with Gasteiger partial charge < -0.3 is 5.11 Å². The maximum atomic E-state index is 13.3. The standard InChI is InChI=1S/C14H10FNO4S/c1-8-6-9(3-5-13(8)16(19)20)21-10-2-4-12(15)11(7-10)14(17)18/h2-7H,1H3,(H,17,18). The molecule has 0 radical (unpaired) electrons. The third-order valence-electron chi connectivity index (χ3n) is 2.77. The lowest BCUT2D eigenvalue weighted by Crippen LogP contribution is -2.00. The molecule has 0 saturated carbocycles. The van der Waals surface area contributed by atoms with Crippen LogP contribution in [0.3, 0.4) is 0 Å². The number of carbonyl (C=O) groups is 1. The number of aromatic carboxylic acids is 1. The van der Waals surface area contributed by atoms with Crippen LogP contribution in [-0.4, -0.2) is 16.0 Å². The van der Waals surface area contributed by atoms with Crippen LogP contribution in [0.5, 0.6) is 0 Å². The van der Waals surface area contributed by atoms with Gasteiger partial charge in [-0.2, -0.15) is 0 Å². The summed E-state index contributed by atoms with van der Waals surface area (Å²) in [7, 11) is 0. The smallest absolute Gasteiger partial charge is 0.338 e. The molecule has 0 fully saturated rings. The zero-order valence-electron chi connectivity index (χ0n) is 10.9. The Morgan fingerprint density at radius 3 is 2.43 bits per heavy atom. The molecular weight excluding hydrogens is 297 g/mol. The van der Waals surface area contributed by atoms with Gasteiger partial charge in [-0.25, -0.2) is 9.18 Å². The van der Waals surface area contributed by atoms with E-state index >= 15 is 0 Å². The lowest BCUT2D eigenvalue weighted by atomic mass is 10.2. The quantitative estimate of drug-likeness (QED) is 0.684. The summed E-state index contributed by atoms with van der Waals surface area (Å²) >= 11 is 1.21. The lowest BCUT2D eigenvalue weighted by molar-refractivity contribution is -0.385. The van der Waals surface area contributed by atoms with Crippen LogP contribution in [0.2, 0.25) is 0 Å². The summed E-state index contributed by atoms with van der Waals surface area (Å²) in [6, 6.07) is 8.37. The van der Waals surface area contributed by atoms with Crippen LogP contribution in [0.25, 0.3) is 0 Å². The van der Waals surface area contributed by atoms with Crippen LogP contribution in [0.4, 0.5) is 10.1 Å². The first-order chi connectivity index (χ1) is 9.88. The van der Waals surface area contributed by atoms with Gasteiger partial charge in [0.25, 0.3) is 5.69 Å². The zero-order chi connectivity index (χ0) is 15.6. The summed E-state index contributed by atoms with van der Waals surface area (Å²) in [5.74, 6) is -2.14. The van der Waals surface area contributed by atoms with Crippen LogP contribution in [0.1, 0.15) is 15.9 Å². The predicted octanol–water partition coefficient (Wildman–Crippen LogP) is 3.89. The highest BCUT2D eigenvalue weighted by atomic mass is 32.2. The Morgan fingerprint density at radius 2 is 1.86 bits per heavy atom. The normalized spacial score (nSPS) is 10.4. The van der Waals surface area contributed by atoms with E-state index in [2.05, 4.69) is 0 Å². The number of hydrogen-bond acceptors (Lipinski definition) is 4. The van der Waals surface area contributed by atoms with E-state index in [4.69, 9.17) is 5.11 Å². The molecule has 7 heteroatoms. The molecule has 0 aliphatic rings. The number of rotatable bonds is 4. The van der Waals surface area contributed by atoms with Gasteiger partial charge in [-0.15, -0.1) is 0 Å². The predicted molar refractivity (Wildman–Crippen MR) is 75.3 cm³/mol. The summed E-state index contributed by atoms with van der Waals surface area (Å²) in [4.78, 5) is 22.4. The molecule has 2 aromatic carbocycles. The fraction of sp³-hybridized carbons (Fsp3) is 0.0714. The third kappa shape index (κ3) is 3.38. The number of nitro groups is 1. The molecule has 0 aromatic heterocycles. The summed E-state index contributed by atoms with van der Waals surface area (Å²) in [5.41, 5.74) is 0.119. The number of hydrogen-bond donors (Lipinski definition) is 1. The molecule has 21 heavy (non-hydrogen) atoms. The minimum absolute atomic E-state index is 0.0182. The molecule has 2 rings (SSSR count). The summed E-state index contributed by atoms with van der Waals surface area (Å²) in [5, 5.41) is 19.6. The molecule has 5 nitrogen and oxygen atoms in total. The van der Waals surface area contributed by atoms with Crippen molar-refractivity contribution in [2.24, 2.45) is 0 Å². The molecule has 1 N–H and O–H groups in total. The van der Waals surface area contributed by atoms with E-state index in [1.54, 1.807) is 19.1 Å². The molecule has 0 spiro atoms. The number of halogens is 1. The SMILES string of the molecule is Cc1cc(Sc2ccc(F)c(C(=O)O)c2)ccc1[N+](=O)[O-]. The molecule has 0 aliphatic carbocycles. The van der Waals surface area contributed by atoms with Gasteiger partial charge in [0.15, 0.2) is 0 Å². The largest absolute Gasteiger partial charge is 0.478 e. The van der Waals surface area contributed by atoms with E-state index in [0.717, 1.165) is 6.07 Å². The second-order valence-corrected chi connectivity index (χ2v) is 5.40. The van der Waals surface area contributed by atoms with Crippen molar-refractivity contribution in [3.8, 4) is 0 Å². The average Bonchev–Trinajstić information content (AvgIpc) is 2.40. The Kier molecular flexibility index (Phi) is 4.23. The summed E-state index contributed by atoms with van der Waals surface area (Å²) < 4.78 is 13.3. The van der Waals surface area contributed by atoms with Gasteiger partial charge in [0.1, 0.15) is 5.82 Å². The van der Waals surface area contributed by atoms with Crippen molar-refractivity contribution < 1.29 is 19.2 Å². The minimum atomic E-state index is -1.34. The first-order valence-electron chi connectivity index (χ1n) is 5.84. The monoisotopic (exact) mass is 307 g/mol. The van der Waals surface area contributed by atoms with Crippen LogP contribution >= 0.6 is 11.8 Å². The number of benzene rings is 2. The van der Waals surface area contributed by atoms with Crippen molar-refractivity contribution in [3.63, 3.8) is 0 Å². The van der Waals surface area contributed by atoms with Crippen LogP contribution in [0, 0.1) is 22.9 Å². The van der Waals surface area contributed by atoms with E-state index in [1.807, 2.05) is 0 Å². The molecule has 0 saturated heterocycles. The van der Waals surface area contributed by atoms with Gasteiger partial charge in [0, 0.05) is 21.4 Å². The number of carboxylic acids is 1. The van der Waals surface area contributed by atoms with Gasteiger partial charge >= 0.3 is 5.97 Å². The van der Waals surface area contributed by atoms with E-state index in [1.165, 1.54) is 30.0 Å². The molecule has 0 heterocycles. The highest BCUT2D eigenvalue weighted by Gasteiger charge is 2.13. The van der Waals surface area contributed by atoms with E-state index < -0.39 is 22.3 Å². The number of carboxylic acid groups (broad SMARTS) is 1. The van der Waals surface area contributed by atoms with Gasteiger partial charge in [0.05, 0.1) is 10.5 Å². The topological polar surface area (TPSA) is 80.4 Å². The number of nitrogens with zero attached hydrogens (tertiary/aromatic N) is 1. The maximum Gasteiger partial charge on any atom is 0.338 e. The highest BCUT2D eigenvalue weighted by molar-refractivity contribution is 7.99. The Balaban J connectivity index is 2.30. The van der Waals surface area contributed by atoms with Crippen molar-refractivity contribution >= 4 is 23.4 Å². The van der Waals surface area contributed by atoms with Gasteiger partial charge in [0.2, 0.25) is 0 Å². The molecule has 2 aromatic rings. The van der Waals surface area contributed by atoms with Gasteiger partial charge in [-0.3, -0.25) is 10.1 Å². The summed E-state index contributed by atoms with van der Waals surface area (Å²) in [6.07, 6.45) is 0. The average molecular weight is 307 g/mol. The molecule has 0 aliphatic heterocycles. The van der Waals surface area contributed by atoms with Gasteiger partial charge in [-0.05, 0) is 37.3 Å². The Morgan fingerprint density at radius 1 is 1.24 bits per heavy atom. The van der Waals surface area contributed by atoms with E-state index in [9.17, 15) is 19.3 Å². The van der Waals surface area contributed by atoms with Crippen LogP contribution in [-0.2, 0) is 0 Å². The second-order valence-electron chi connectivity index (χ2n) is 4.25. The minimum Gasteiger partial charge on any atom is -0.478 e. The van der Waals surface area contributed by atoms with Crippen LogP contribution in [0.15, 0.2) is 46.2 Å². The maximum absolute atomic E-state index is 13.3. The molecule has 108 valence electrons. The first-order valence-corrected chi connectivity index (χ1v) is 6.66.